The van der Waals surface area contributed by atoms with E-state index in [-0.39, 0.29) is 22.7 Å². The average Bonchev–Trinajstić information content (AvgIpc) is 3.41. The van der Waals surface area contributed by atoms with Crippen LogP contribution < -0.4 is 0 Å². The van der Waals surface area contributed by atoms with Gasteiger partial charge in [-0.05, 0) is 105 Å². The van der Waals surface area contributed by atoms with Gasteiger partial charge in [0.1, 0.15) is 23.5 Å². The fourth-order valence-corrected chi connectivity index (χ4v) is 5.83. The molecule has 0 radical (unpaired) electrons. The van der Waals surface area contributed by atoms with Gasteiger partial charge in [-0.15, -0.1) is 0 Å². The van der Waals surface area contributed by atoms with Crippen LogP contribution in [0.1, 0.15) is 42.0 Å². The summed E-state index contributed by atoms with van der Waals surface area (Å²) in [5.41, 5.74) is 5.39. The number of likely N-dealkylation sites (tertiary alicyclic amines) is 2. The van der Waals surface area contributed by atoms with Crippen LogP contribution in [0.5, 0.6) is 5.75 Å². The quantitative estimate of drug-likeness (QED) is 0.273. The number of nitriles is 1. The molecule has 39 heavy (non-hydrogen) atoms. The number of aliphatic imine (C=N–C) groups is 1. The second-order valence-corrected chi connectivity index (χ2v) is 10.6. The lowest BCUT2D eigenvalue weighted by atomic mass is 9.90. The summed E-state index contributed by atoms with van der Waals surface area (Å²) in [5, 5.41) is 20.1. The molecule has 0 bridgehead atoms. The molecule has 2 fully saturated rings. The topological polar surface area (TPSA) is 62.9 Å². The van der Waals surface area contributed by atoms with Gasteiger partial charge in [0.2, 0.25) is 0 Å². The van der Waals surface area contributed by atoms with E-state index in [2.05, 4.69) is 21.5 Å². The van der Waals surface area contributed by atoms with Gasteiger partial charge < -0.3 is 14.9 Å². The van der Waals surface area contributed by atoms with E-state index >= 15 is 0 Å². The van der Waals surface area contributed by atoms with Gasteiger partial charge in [0.15, 0.2) is 0 Å². The number of aryl methyl sites for hydroxylation is 1. The number of hydrogen-bond acceptors (Lipinski definition) is 5. The van der Waals surface area contributed by atoms with E-state index < -0.39 is 5.82 Å². The van der Waals surface area contributed by atoms with Crippen LogP contribution in [0.25, 0.3) is 22.4 Å². The minimum Gasteiger partial charge on any atom is -0.506 e. The number of allylic oxidation sites excluding steroid dienone is 1. The first-order chi connectivity index (χ1) is 18.8. The summed E-state index contributed by atoms with van der Waals surface area (Å²) in [4.78, 5) is 9.08. The monoisotopic (exact) mass is 526 g/mol. The van der Waals surface area contributed by atoms with Crippen molar-refractivity contribution in [1.82, 2.24) is 9.80 Å². The van der Waals surface area contributed by atoms with E-state index in [1.54, 1.807) is 12.1 Å². The molecule has 5 nitrogen and oxygen atoms in total. The largest absolute Gasteiger partial charge is 0.506 e. The Morgan fingerprint density at radius 1 is 1.08 bits per heavy atom. The van der Waals surface area contributed by atoms with Gasteiger partial charge in [-0.2, -0.15) is 5.26 Å². The summed E-state index contributed by atoms with van der Waals surface area (Å²) >= 11 is 0. The molecule has 7 heteroatoms. The molecular weight excluding hydrogens is 494 g/mol. The lowest BCUT2D eigenvalue weighted by Gasteiger charge is -2.45. The second-order valence-electron chi connectivity index (χ2n) is 10.6. The van der Waals surface area contributed by atoms with Gasteiger partial charge in [-0.1, -0.05) is 12.1 Å². The number of benzene rings is 3. The number of phenols is 1. The number of rotatable bonds is 7. The van der Waals surface area contributed by atoms with Crippen molar-refractivity contribution in [3.05, 3.63) is 82.4 Å². The van der Waals surface area contributed by atoms with Crippen molar-refractivity contribution in [2.75, 3.05) is 32.7 Å². The van der Waals surface area contributed by atoms with Gasteiger partial charge in [-0.3, -0.25) is 4.99 Å². The van der Waals surface area contributed by atoms with Crippen LogP contribution in [0.15, 0.2) is 53.5 Å². The van der Waals surface area contributed by atoms with Crippen LogP contribution in [-0.2, 0) is 0 Å². The zero-order chi connectivity index (χ0) is 27.7. The zero-order valence-corrected chi connectivity index (χ0v) is 22.3. The van der Waals surface area contributed by atoms with Crippen LogP contribution >= 0.6 is 0 Å². The third kappa shape index (κ3) is 5.43. The summed E-state index contributed by atoms with van der Waals surface area (Å²) in [6, 6.07) is 14.4. The molecule has 2 aliphatic heterocycles. The van der Waals surface area contributed by atoms with Crippen molar-refractivity contribution in [2.45, 2.75) is 26.7 Å². The summed E-state index contributed by atoms with van der Waals surface area (Å²) in [7, 11) is 0. The third-order valence-electron chi connectivity index (χ3n) is 7.75. The van der Waals surface area contributed by atoms with Crippen LogP contribution in [0, 0.1) is 35.8 Å². The molecule has 0 saturated carbocycles. The summed E-state index contributed by atoms with van der Waals surface area (Å²) in [6.45, 7) is 12.7. The first-order valence-electron chi connectivity index (χ1n) is 13.3. The van der Waals surface area contributed by atoms with E-state index in [1.807, 2.05) is 32.0 Å². The predicted octanol–water partition coefficient (Wildman–Crippen LogP) is 6.77. The second kappa shape index (κ2) is 11.0. The summed E-state index contributed by atoms with van der Waals surface area (Å²) in [6.07, 6.45) is 2.50. The Hall–Kier alpha value is -4.02. The predicted molar refractivity (Wildman–Crippen MR) is 152 cm³/mol. The van der Waals surface area contributed by atoms with Crippen molar-refractivity contribution in [3.8, 4) is 22.9 Å². The van der Waals surface area contributed by atoms with Crippen molar-refractivity contribution in [1.29, 1.82) is 5.26 Å². The van der Waals surface area contributed by atoms with Gasteiger partial charge in [0.25, 0.3) is 0 Å². The molecule has 200 valence electrons. The average molecular weight is 527 g/mol. The van der Waals surface area contributed by atoms with Gasteiger partial charge in [0, 0.05) is 42.4 Å². The molecule has 3 aromatic carbocycles. The standard InChI is InChI=1S/C32H32F2N4O/c1-20-10-24(12-26(33)11-20)21(2)31(38-18-22(19-38)17-37-8-4-5-9-37)29-14-23(6-7-30(29)36-3)28-15-27(34)13-25(16-35)32(28)39/h6-7,10-15,22,39H,3-5,8-9,17-19H2,1-2H3/b31-21-. The molecule has 5 rings (SSSR count). The van der Waals surface area contributed by atoms with Gasteiger partial charge >= 0.3 is 0 Å². The minimum atomic E-state index is -0.610. The molecule has 0 atom stereocenters. The fraction of sp³-hybridized carbons (Fsp3) is 0.312. The third-order valence-corrected chi connectivity index (χ3v) is 7.75. The Morgan fingerprint density at radius 2 is 1.79 bits per heavy atom. The highest BCUT2D eigenvalue weighted by atomic mass is 19.1. The lowest BCUT2D eigenvalue weighted by Crippen LogP contribution is -2.50. The minimum absolute atomic E-state index is 0.132. The van der Waals surface area contributed by atoms with E-state index in [1.165, 1.54) is 31.0 Å². The molecule has 0 aromatic heterocycles. The number of halogens is 2. The highest BCUT2D eigenvalue weighted by molar-refractivity contribution is 5.94. The van der Waals surface area contributed by atoms with Gasteiger partial charge in [-0.25, -0.2) is 8.78 Å². The zero-order valence-electron chi connectivity index (χ0n) is 22.3. The lowest BCUT2D eigenvalue weighted by molar-refractivity contribution is 0.129. The molecule has 1 N–H and O–H groups in total. The molecular formula is C32H32F2N4O. The van der Waals surface area contributed by atoms with E-state index in [4.69, 9.17) is 0 Å². The fourth-order valence-electron chi connectivity index (χ4n) is 5.83. The molecule has 2 saturated heterocycles. The maximum atomic E-state index is 14.5. The van der Waals surface area contributed by atoms with E-state index in [0.29, 0.717) is 17.2 Å². The maximum Gasteiger partial charge on any atom is 0.141 e. The van der Waals surface area contributed by atoms with Crippen molar-refractivity contribution >= 4 is 23.7 Å². The first-order valence-corrected chi connectivity index (χ1v) is 13.3. The van der Waals surface area contributed by atoms with Crippen molar-refractivity contribution in [3.63, 3.8) is 0 Å². The first kappa shape index (κ1) is 26.6. The Bertz CT molecular complexity index is 1470. The van der Waals surface area contributed by atoms with Crippen LogP contribution in [0.3, 0.4) is 0 Å². The highest BCUT2D eigenvalue weighted by Gasteiger charge is 2.33. The summed E-state index contributed by atoms with van der Waals surface area (Å²) in [5.74, 6) is -0.666. The Kier molecular flexibility index (Phi) is 7.49. The number of hydrogen-bond donors (Lipinski definition) is 1. The maximum absolute atomic E-state index is 14.5. The molecule has 2 heterocycles. The van der Waals surface area contributed by atoms with Crippen LogP contribution in [0.4, 0.5) is 14.5 Å². The van der Waals surface area contributed by atoms with Gasteiger partial charge in [0.05, 0.1) is 11.3 Å². The van der Waals surface area contributed by atoms with Crippen molar-refractivity contribution < 1.29 is 13.9 Å². The Balaban J connectivity index is 1.62. The Morgan fingerprint density at radius 3 is 2.46 bits per heavy atom. The van der Waals surface area contributed by atoms with Crippen LogP contribution in [-0.4, -0.2) is 54.3 Å². The Labute approximate surface area is 228 Å². The highest BCUT2D eigenvalue weighted by Crippen LogP contribution is 2.42. The number of phenolic OH excluding ortho intramolecular Hbond substituents is 1. The van der Waals surface area contributed by atoms with E-state index in [9.17, 15) is 19.1 Å². The molecule has 3 aromatic rings. The smallest absolute Gasteiger partial charge is 0.141 e. The molecule has 2 aliphatic rings. The van der Waals surface area contributed by atoms with E-state index in [0.717, 1.165) is 66.8 Å². The molecule has 0 spiro atoms. The normalized spacial score (nSPS) is 16.5. The molecule has 0 unspecified atom stereocenters. The molecule has 0 aliphatic carbocycles. The molecule has 0 amide bonds. The SMILES string of the molecule is C=Nc1ccc(-c2cc(F)cc(C#N)c2O)cc1/C(=C(\C)c1cc(C)cc(F)c1)N1CC(CN2CCCC2)C1. The van der Waals surface area contributed by atoms with Crippen molar-refractivity contribution in [2.24, 2.45) is 10.9 Å². The van der Waals surface area contributed by atoms with Crippen LogP contribution in [0.2, 0.25) is 0 Å². The number of nitrogens with zero attached hydrogens (tertiary/aromatic N) is 4. The number of aromatic hydroxyl groups is 1. The summed E-state index contributed by atoms with van der Waals surface area (Å²) < 4.78 is 28.8.